The molecular weight excluding hydrogens is 206 g/mol. The number of aliphatic hydroxyl groups is 1. The highest BCUT2D eigenvalue weighted by Gasteiger charge is 2.14. The van der Waals surface area contributed by atoms with Crippen LogP contribution in [0.3, 0.4) is 0 Å². The van der Waals surface area contributed by atoms with Crippen LogP contribution in [0.15, 0.2) is 0 Å². The second-order valence-electron chi connectivity index (χ2n) is 5.26. The highest BCUT2D eigenvalue weighted by Crippen LogP contribution is 2.10. The molecule has 1 unspecified atom stereocenters. The van der Waals surface area contributed by atoms with Crippen molar-refractivity contribution in [2.24, 2.45) is 0 Å². The number of quaternary nitrogens is 1. The topological polar surface area (TPSA) is 20.2 Å². The van der Waals surface area contributed by atoms with Gasteiger partial charge in [0.2, 0.25) is 0 Å². The van der Waals surface area contributed by atoms with E-state index in [9.17, 15) is 5.11 Å². The first-order chi connectivity index (χ1) is 6.95. The third kappa shape index (κ3) is 12.2. The second kappa shape index (κ2) is 8.43. The van der Waals surface area contributed by atoms with Crippen LogP contribution in [-0.4, -0.2) is 54.9 Å². The molecule has 0 aromatic rings. The zero-order chi connectivity index (χ0) is 11.7. The van der Waals surface area contributed by atoms with Gasteiger partial charge in [0.05, 0.1) is 21.1 Å². The Labute approximate surface area is 99.6 Å². The molecule has 92 valence electrons. The van der Waals surface area contributed by atoms with E-state index in [-0.39, 0.29) is 6.10 Å². The average Bonchev–Trinajstić information content (AvgIpc) is 2.08. The van der Waals surface area contributed by atoms with E-state index in [2.05, 4.69) is 28.1 Å². The summed E-state index contributed by atoms with van der Waals surface area (Å²) in [6, 6.07) is 0. The van der Waals surface area contributed by atoms with Gasteiger partial charge in [-0.15, -0.1) is 0 Å². The third-order valence-corrected chi connectivity index (χ3v) is 3.41. The summed E-state index contributed by atoms with van der Waals surface area (Å²) in [5, 5.41) is 9.75. The van der Waals surface area contributed by atoms with Crippen LogP contribution in [0, 0.1) is 0 Å². The Morgan fingerprint density at radius 1 is 1.13 bits per heavy atom. The third-order valence-electron chi connectivity index (χ3n) is 2.21. The minimum absolute atomic E-state index is 0.152. The Morgan fingerprint density at radius 3 is 2.33 bits per heavy atom. The van der Waals surface area contributed by atoms with E-state index in [1.165, 1.54) is 31.4 Å². The Kier molecular flexibility index (Phi) is 8.58. The Morgan fingerprint density at radius 2 is 1.80 bits per heavy atom. The number of nitrogens with zero attached hydrogens (tertiary/aromatic N) is 1. The first kappa shape index (κ1) is 15.3. The number of likely N-dealkylation sites (N-methyl/N-ethyl adjacent to an activating group) is 1. The molecule has 0 aromatic carbocycles. The zero-order valence-electron chi connectivity index (χ0n) is 10.8. The highest BCUT2D eigenvalue weighted by molar-refractivity contribution is 7.99. The van der Waals surface area contributed by atoms with Gasteiger partial charge in [-0.1, -0.05) is 26.2 Å². The number of hydrogen-bond acceptors (Lipinski definition) is 2. The van der Waals surface area contributed by atoms with Gasteiger partial charge in [-0.25, -0.2) is 0 Å². The molecule has 0 aliphatic rings. The van der Waals surface area contributed by atoms with Crippen molar-refractivity contribution in [3.8, 4) is 0 Å². The van der Waals surface area contributed by atoms with Crippen LogP contribution in [0.4, 0.5) is 0 Å². The summed E-state index contributed by atoms with van der Waals surface area (Å²) in [4.78, 5) is 0. The van der Waals surface area contributed by atoms with E-state index < -0.39 is 0 Å². The molecule has 0 heterocycles. The van der Waals surface area contributed by atoms with Crippen LogP contribution in [-0.2, 0) is 0 Å². The number of aliphatic hydroxyl groups excluding tert-OH is 1. The summed E-state index contributed by atoms with van der Waals surface area (Å²) >= 11 is 1.89. The molecule has 0 fully saturated rings. The smallest absolute Gasteiger partial charge is 0.112 e. The van der Waals surface area contributed by atoms with Crippen molar-refractivity contribution in [1.82, 2.24) is 0 Å². The zero-order valence-corrected chi connectivity index (χ0v) is 11.6. The molecule has 0 aromatic heterocycles. The molecule has 2 nitrogen and oxygen atoms in total. The summed E-state index contributed by atoms with van der Waals surface area (Å²) in [6.07, 6.45) is 5.14. The molecular formula is C12H28NOS+. The first-order valence-electron chi connectivity index (χ1n) is 6.02. The molecule has 0 aliphatic carbocycles. The average molecular weight is 234 g/mol. The lowest BCUT2D eigenvalue weighted by Crippen LogP contribution is -2.42. The van der Waals surface area contributed by atoms with Crippen molar-refractivity contribution in [1.29, 1.82) is 0 Å². The lowest BCUT2D eigenvalue weighted by molar-refractivity contribution is -0.873. The summed E-state index contributed by atoms with van der Waals surface area (Å²) in [7, 11) is 6.36. The van der Waals surface area contributed by atoms with Crippen LogP contribution in [0.2, 0.25) is 0 Å². The van der Waals surface area contributed by atoms with Crippen LogP contribution in [0.5, 0.6) is 0 Å². The molecule has 1 N–H and O–H groups in total. The standard InChI is InChI=1S/C12H28NOS/c1-5-6-7-8-9-15-11-12(14)10-13(2,3)4/h12,14H,5-11H2,1-4H3/q+1. The molecule has 0 spiro atoms. The predicted octanol–water partition coefficient (Wildman–Crippen LogP) is 2.37. The van der Waals surface area contributed by atoms with Crippen molar-refractivity contribution in [3.05, 3.63) is 0 Å². The molecule has 0 saturated heterocycles. The van der Waals surface area contributed by atoms with Gasteiger partial charge in [-0.3, -0.25) is 0 Å². The Balaban J connectivity index is 3.28. The normalized spacial score (nSPS) is 14.2. The van der Waals surface area contributed by atoms with E-state index in [0.29, 0.717) is 0 Å². The largest absolute Gasteiger partial charge is 0.386 e. The maximum atomic E-state index is 9.75. The van der Waals surface area contributed by atoms with Gasteiger partial charge in [-0.05, 0) is 12.2 Å². The number of unbranched alkanes of at least 4 members (excludes halogenated alkanes) is 3. The second-order valence-corrected chi connectivity index (χ2v) is 6.41. The minimum Gasteiger partial charge on any atom is -0.386 e. The van der Waals surface area contributed by atoms with E-state index >= 15 is 0 Å². The van der Waals surface area contributed by atoms with Gasteiger partial charge in [0.25, 0.3) is 0 Å². The molecule has 0 amide bonds. The first-order valence-corrected chi connectivity index (χ1v) is 7.17. The van der Waals surface area contributed by atoms with Gasteiger partial charge < -0.3 is 9.59 Å². The maximum Gasteiger partial charge on any atom is 0.112 e. The lowest BCUT2D eigenvalue weighted by Gasteiger charge is -2.26. The van der Waals surface area contributed by atoms with E-state index in [0.717, 1.165) is 16.8 Å². The molecule has 0 radical (unpaired) electrons. The quantitative estimate of drug-likeness (QED) is 0.488. The van der Waals surface area contributed by atoms with Gasteiger partial charge in [-0.2, -0.15) is 11.8 Å². The maximum absolute atomic E-state index is 9.75. The van der Waals surface area contributed by atoms with Crippen molar-refractivity contribution in [2.75, 3.05) is 39.2 Å². The van der Waals surface area contributed by atoms with Gasteiger partial charge in [0.1, 0.15) is 12.6 Å². The van der Waals surface area contributed by atoms with E-state index in [1.807, 2.05) is 11.8 Å². The lowest BCUT2D eigenvalue weighted by atomic mass is 10.2. The van der Waals surface area contributed by atoms with E-state index in [1.54, 1.807) is 0 Å². The minimum atomic E-state index is -0.152. The van der Waals surface area contributed by atoms with Gasteiger partial charge >= 0.3 is 0 Å². The Bertz CT molecular complexity index is 145. The van der Waals surface area contributed by atoms with Crippen LogP contribution in [0.1, 0.15) is 32.6 Å². The molecule has 0 rings (SSSR count). The van der Waals surface area contributed by atoms with Crippen molar-refractivity contribution in [3.63, 3.8) is 0 Å². The Hall–Kier alpha value is 0.270. The molecule has 0 aliphatic heterocycles. The number of rotatable bonds is 9. The van der Waals surface area contributed by atoms with Gasteiger partial charge in [0.15, 0.2) is 0 Å². The molecule has 15 heavy (non-hydrogen) atoms. The summed E-state index contributed by atoms with van der Waals surface area (Å²) in [5.74, 6) is 2.09. The summed E-state index contributed by atoms with van der Waals surface area (Å²) in [6.45, 7) is 3.08. The van der Waals surface area contributed by atoms with Crippen LogP contribution < -0.4 is 0 Å². The number of thioether (sulfide) groups is 1. The van der Waals surface area contributed by atoms with Gasteiger partial charge in [0, 0.05) is 5.75 Å². The van der Waals surface area contributed by atoms with Crippen molar-refractivity contribution < 1.29 is 9.59 Å². The summed E-state index contributed by atoms with van der Waals surface area (Å²) < 4.78 is 0.845. The molecule has 0 saturated carbocycles. The molecule has 0 bridgehead atoms. The molecule has 3 heteroatoms. The fourth-order valence-corrected chi connectivity index (χ4v) is 2.49. The SMILES string of the molecule is CCCCCCSCC(O)C[N+](C)(C)C. The van der Waals surface area contributed by atoms with E-state index in [4.69, 9.17) is 0 Å². The summed E-state index contributed by atoms with van der Waals surface area (Å²) in [5.41, 5.74) is 0. The monoisotopic (exact) mass is 234 g/mol. The van der Waals surface area contributed by atoms with Crippen molar-refractivity contribution >= 4 is 11.8 Å². The van der Waals surface area contributed by atoms with Crippen LogP contribution >= 0.6 is 11.8 Å². The fraction of sp³-hybridized carbons (Fsp3) is 1.00. The van der Waals surface area contributed by atoms with Crippen molar-refractivity contribution in [2.45, 2.75) is 38.7 Å². The number of hydrogen-bond donors (Lipinski definition) is 1. The van der Waals surface area contributed by atoms with Crippen LogP contribution in [0.25, 0.3) is 0 Å². The fourth-order valence-electron chi connectivity index (χ4n) is 1.54. The highest BCUT2D eigenvalue weighted by atomic mass is 32.2. The molecule has 1 atom stereocenters. The predicted molar refractivity (Wildman–Crippen MR) is 70.4 cm³/mol.